The SMILES string of the molecule is CCN(CCCl)C(=O)c1cccc(C)c1F. The Bertz CT molecular complexity index is 381. The van der Waals surface area contributed by atoms with Crippen molar-refractivity contribution in [2.75, 3.05) is 19.0 Å². The van der Waals surface area contributed by atoms with Gasteiger partial charge in [-0.1, -0.05) is 12.1 Å². The number of amides is 1. The van der Waals surface area contributed by atoms with E-state index in [0.717, 1.165) is 0 Å². The maximum absolute atomic E-state index is 13.7. The van der Waals surface area contributed by atoms with Crippen LogP contribution in [0, 0.1) is 12.7 Å². The van der Waals surface area contributed by atoms with E-state index in [4.69, 9.17) is 11.6 Å². The van der Waals surface area contributed by atoms with E-state index in [9.17, 15) is 9.18 Å². The zero-order valence-electron chi connectivity index (χ0n) is 9.46. The summed E-state index contributed by atoms with van der Waals surface area (Å²) in [4.78, 5) is 13.5. The zero-order valence-corrected chi connectivity index (χ0v) is 10.2. The molecule has 2 nitrogen and oxygen atoms in total. The number of carbonyl (C=O) groups is 1. The first-order chi connectivity index (χ1) is 7.61. The highest BCUT2D eigenvalue weighted by molar-refractivity contribution is 6.18. The molecule has 0 unspecified atom stereocenters. The van der Waals surface area contributed by atoms with Crippen LogP contribution in [0.1, 0.15) is 22.8 Å². The van der Waals surface area contributed by atoms with Gasteiger partial charge in [0.1, 0.15) is 5.82 Å². The molecule has 0 heterocycles. The second-order valence-electron chi connectivity index (χ2n) is 3.51. The zero-order chi connectivity index (χ0) is 12.1. The highest BCUT2D eigenvalue weighted by atomic mass is 35.5. The van der Waals surface area contributed by atoms with E-state index in [2.05, 4.69) is 0 Å². The average Bonchev–Trinajstić information content (AvgIpc) is 2.29. The van der Waals surface area contributed by atoms with Crippen LogP contribution < -0.4 is 0 Å². The summed E-state index contributed by atoms with van der Waals surface area (Å²) >= 11 is 5.59. The van der Waals surface area contributed by atoms with Crippen LogP contribution in [0.3, 0.4) is 0 Å². The van der Waals surface area contributed by atoms with Crippen molar-refractivity contribution in [2.24, 2.45) is 0 Å². The third-order valence-electron chi connectivity index (χ3n) is 2.45. The number of hydrogen-bond donors (Lipinski definition) is 0. The number of alkyl halides is 1. The highest BCUT2D eigenvalue weighted by Crippen LogP contribution is 2.14. The maximum atomic E-state index is 13.7. The Morgan fingerprint density at radius 2 is 2.19 bits per heavy atom. The molecule has 0 saturated heterocycles. The smallest absolute Gasteiger partial charge is 0.256 e. The second-order valence-corrected chi connectivity index (χ2v) is 3.89. The first kappa shape index (κ1) is 13.0. The predicted molar refractivity (Wildman–Crippen MR) is 63.4 cm³/mol. The van der Waals surface area contributed by atoms with Crippen molar-refractivity contribution in [3.8, 4) is 0 Å². The molecule has 0 spiro atoms. The quantitative estimate of drug-likeness (QED) is 0.745. The van der Waals surface area contributed by atoms with Crippen LogP contribution >= 0.6 is 11.6 Å². The van der Waals surface area contributed by atoms with Gasteiger partial charge in [-0.25, -0.2) is 4.39 Å². The molecule has 1 rings (SSSR count). The molecule has 0 aliphatic heterocycles. The van der Waals surface area contributed by atoms with Crippen molar-refractivity contribution in [2.45, 2.75) is 13.8 Å². The molecule has 0 atom stereocenters. The summed E-state index contributed by atoms with van der Waals surface area (Å²) in [5.74, 6) is -0.391. The topological polar surface area (TPSA) is 20.3 Å². The van der Waals surface area contributed by atoms with Crippen LogP contribution in [0.2, 0.25) is 0 Å². The van der Waals surface area contributed by atoms with Gasteiger partial charge in [-0.2, -0.15) is 0 Å². The first-order valence-corrected chi connectivity index (χ1v) is 5.75. The Morgan fingerprint density at radius 3 is 2.75 bits per heavy atom. The highest BCUT2D eigenvalue weighted by Gasteiger charge is 2.18. The van der Waals surface area contributed by atoms with Gasteiger partial charge in [-0.3, -0.25) is 4.79 Å². The van der Waals surface area contributed by atoms with Crippen LogP contribution in [0.15, 0.2) is 18.2 Å². The normalized spacial score (nSPS) is 10.2. The molecular formula is C12H15ClFNO. The first-order valence-electron chi connectivity index (χ1n) is 5.22. The Hall–Kier alpha value is -1.09. The molecule has 4 heteroatoms. The van der Waals surface area contributed by atoms with Gasteiger partial charge in [0, 0.05) is 19.0 Å². The van der Waals surface area contributed by atoms with Crippen LogP contribution in [0.25, 0.3) is 0 Å². The molecule has 0 bridgehead atoms. The largest absolute Gasteiger partial charge is 0.338 e. The molecule has 0 aliphatic carbocycles. The van der Waals surface area contributed by atoms with Gasteiger partial charge in [0.15, 0.2) is 0 Å². The van der Waals surface area contributed by atoms with Crippen molar-refractivity contribution >= 4 is 17.5 Å². The van der Waals surface area contributed by atoms with Gasteiger partial charge in [0.25, 0.3) is 5.91 Å². The van der Waals surface area contributed by atoms with Crippen molar-refractivity contribution in [1.29, 1.82) is 0 Å². The number of nitrogens with zero attached hydrogens (tertiary/aromatic N) is 1. The molecule has 1 aromatic carbocycles. The van der Waals surface area contributed by atoms with Crippen molar-refractivity contribution in [3.05, 3.63) is 35.1 Å². The fraction of sp³-hybridized carbons (Fsp3) is 0.417. The van der Waals surface area contributed by atoms with Gasteiger partial charge < -0.3 is 4.90 Å². The number of benzene rings is 1. The van der Waals surface area contributed by atoms with Gasteiger partial charge in [-0.15, -0.1) is 11.6 Å². The van der Waals surface area contributed by atoms with E-state index in [-0.39, 0.29) is 11.5 Å². The van der Waals surface area contributed by atoms with E-state index in [1.807, 2.05) is 6.92 Å². The summed E-state index contributed by atoms with van der Waals surface area (Å²) in [7, 11) is 0. The molecule has 0 saturated carbocycles. The van der Waals surface area contributed by atoms with Crippen LogP contribution in [-0.2, 0) is 0 Å². The summed E-state index contributed by atoms with van der Waals surface area (Å²) in [5.41, 5.74) is 0.597. The van der Waals surface area contributed by atoms with E-state index >= 15 is 0 Å². The van der Waals surface area contributed by atoms with E-state index in [0.29, 0.717) is 24.5 Å². The van der Waals surface area contributed by atoms with Crippen LogP contribution in [0.5, 0.6) is 0 Å². The molecule has 1 aromatic rings. The standard InChI is InChI=1S/C12H15ClFNO/c1-3-15(8-7-13)12(16)10-6-4-5-9(2)11(10)14/h4-6H,3,7-8H2,1-2H3. The van der Waals surface area contributed by atoms with E-state index < -0.39 is 5.82 Å². The molecule has 0 aliphatic rings. The van der Waals surface area contributed by atoms with Gasteiger partial charge >= 0.3 is 0 Å². The maximum Gasteiger partial charge on any atom is 0.256 e. The summed E-state index contributed by atoms with van der Waals surface area (Å²) in [6, 6.07) is 4.83. The van der Waals surface area contributed by atoms with Gasteiger partial charge in [0.05, 0.1) is 5.56 Å². The minimum absolute atomic E-state index is 0.118. The lowest BCUT2D eigenvalue weighted by molar-refractivity contribution is 0.0769. The minimum Gasteiger partial charge on any atom is -0.338 e. The number of halogens is 2. The van der Waals surface area contributed by atoms with E-state index in [1.54, 1.807) is 19.1 Å². The fourth-order valence-electron chi connectivity index (χ4n) is 1.49. The van der Waals surface area contributed by atoms with E-state index in [1.165, 1.54) is 11.0 Å². The monoisotopic (exact) mass is 243 g/mol. The van der Waals surface area contributed by atoms with Crippen molar-refractivity contribution in [3.63, 3.8) is 0 Å². The molecule has 1 amide bonds. The predicted octanol–water partition coefficient (Wildman–Crippen LogP) is 2.84. The number of carbonyl (C=O) groups excluding carboxylic acids is 1. The summed E-state index contributed by atoms with van der Waals surface area (Å²) in [6.45, 7) is 4.45. The summed E-state index contributed by atoms with van der Waals surface area (Å²) in [6.07, 6.45) is 0. The number of hydrogen-bond acceptors (Lipinski definition) is 1. The molecule has 0 fully saturated rings. The van der Waals surface area contributed by atoms with Crippen LogP contribution in [0.4, 0.5) is 4.39 Å². The second kappa shape index (κ2) is 5.85. The third kappa shape index (κ3) is 2.73. The van der Waals surface area contributed by atoms with Crippen molar-refractivity contribution in [1.82, 2.24) is 4.90 Å². The van der Waals surface area contributed by atoms with Crippen LogP contribution in [-0.4, -0.2) is 29.8 Å². The lowest BCUT2D eigenvalue weighted by Crippen LogP contribution is -2.33. The fourth-order valence-corrected chi connectivity index (χ4v) is 1.69. The summed E-state index contributed by atoms with van der Waals surface area (Å²) in [5, 5.41) is 0. The molecule has 0 N–H and O–H groups in total. The molecule has 0 aromatic heterocycles. The van der Waals surface area contributed by atoms with Gasteiger partial charge in [-0.05, 0) is 25.5 Å². The lowest BCUT2D eigenvalue weighted by atomic mass is 10.1. The Kier molecular flexibility index (Phi) is 4.74. The molecular weight excluding hydrogens is 229 g/mol. The average molecular weight is 244 g/mol. The summed E-state index contributed by atoms with van der Waals surface area (Å²) < 4.78 is 13.7. The Morgan fingerprint density at radius 1 is 1.50 bits per heavy atom. The number of aryl methyl sites for hydroxylation is 1. The lowest BCUT2D eigenvalue weighted by Gasteiger charge is -2.20. The molecule has 0 radical (unpaired) electrons. The molecule has 16 heavy (non-hydrogen) atoms. The number of rotatable bonds is 4. The Balaban J connectivity index is 2.99. The minimum atomic E-state index is -0.444. The van der Waals surface area contributed by atoms with Crippen molar-refractivity contribution < 1.29 is 9.18 Å². The Labute approximate surface area is 100 Å². The van der Waals surface area contributed by atoms with Gasteiger partial charge in [0.2, 0.25) is 0 Å². The molecule has 88 valence electrons. The third-order valence-corrected chi connectivity index (χ3v) is 2.61.